The number of carboxylic acid groups (broad SMARTS) is 1. The minimum Gasteiger partial charge on any atom is -0.480 e. The molecule has 1 amide bonds. The average molecular weight is 239 g/mol. The van der Waals surface area contributed by atoms with Crippen LogP contribution in [0.1, 0.15) is 5.56 Å². The Morgan fingerprint density at radius 3 is 2.44 bits per heavy atom. The smallest absolute Gasteiger partial charge is 0.316 e. The van der Waals surface area contributed by atoms with Crippen LogP contribution in [0, 0.1) is 0 Å². The summed E-state index contributed by atoms with van der Waals surface area (Å²) < 4.78 is 0. The van der Waals surface area contributed by atoms with Crippen molar-refractivity contribution in [1.29, 1.82) is 0 Å². The van der Waals surface area contributed by atoms with Gasteiger partial charge in [-0.3, -0.25) is 9.59 Å². The summed E-state index contributed by atoms with van der Waals surface area (Å²) in [7, 11) is 0. The van der Waals surface area contributed by atoms with Crippen LogP contribution in [0.15, 0.2) is 30.3 Å². The van der Waals surface area contributed by atoms with Gasteiger partial charge >= 0.3 is 5.97 Å². The molecule has 0 heterocycles. The zero-order chi connectivity index (χ0) is 12.0. The van der Waals surface area contributed by atoms with Gasteiger partial charge in [-0.2, -0.15) is 0 Å². The second-order valence-corrected chi connectivity index (χ2v) is 4.48. The summed E-state index contributed by atoms with van der Waals surface area (Å²) in [6, 6.07) is 9.30. The summed E-state index contributed by atoms with van der Waals surface area (Å²) in [5, 5.41) is 8.34. The first-order valence-electron chi connectivity index (χ1n) is 4.76. The Balaban J connectivity index is 2.58. The molecule has 0 saturated heterocycles. The molecular weight excluding hydrogens is 226 g/mol. The molecular formula is C11H13NO3S. The zero-order valence-electron chi connectivity index (χ0n) is 8.63. The van der Waals surface area contributed by atoms with E-state index in [1.165, 1.54) is 0 Å². The van der Waals surface area contributed by atoms with E-state index in [-0.39, 0.29) is 5.75 Å². The largest absolute Gasteiger partial charge is 0.480 e. The van der Waals surface area contributed by atoms with E-state index in [0.717, 1.165) is 17.3 Å². The van der Waals surface area contributed by atoms with Crippen LogP contribution in [0.5, 0.6) is 0 Å². The molecule has 1 unspecified atom stereocenters. The normalized spacial score (nSPS) is 12.0. The van der Waals surface area contributed by atoms with Crippen molar-refractivity contribution in [3.8, 4) is 0 Å². The number of amides is 1. The van der Waals surface area contributed by atoms with Crippen LogP contribution in [-0.4, -0.2) is 28.0 Å². The quantitative estimate of drug-likeness (QED) is 0.773. The van der Waals surface area contributed by atoms with Crippen molar-refractivity contribution in [3.63, 3.8) is 0 Å². The molecule has 5 heteroatoms. The van der Waals surface area contributed by atoms with Gasteiger partial charge in [-0.15, -0.1) is 11.8 Å². The highest BCUT2D eigenvalue weighted by Gasteiger charge is 2.19. The molecule has 0 spiro atoms. The van der Waals surface area contributed by atoms with Crippen LogP contribution >= 0.6 is 11.8 Å². The first kappa shape index (κ1) is 12.6. The maximum atomic E-state index is 10.9. The molecule has 0 saturated carbocycles. The number of thioether (sulfide) groups is 1. The Bertz CT molecular complexity index is 367. The Labute approximate surface area is 97.8 Å². The lowest BCUT2D eigenvalue weighted by molar-refractivity contribution is -0.136. The third-order valence-corrected chi connectivity index (χ3v) is 3.19. The Morgan fingerprint density at radius 1 is 1.31 bits per heavy atom. The fourth-order valence-electron chi connectivity index (χ4n) is 1.23. The minimum absolute atomic E-state index is 0.0315. The van der Waals surface area contributed by atoms with Crippen molar-refractivity contribution in [2.24, 2.45) is 5.73 Å². The number of rotatable bonds is 6. The molecule has 0 bridgehead atoms. The number of carbonyl (C=O) groups is 2. The highest BCUT2D eigenvalue weighted by Crippen LogP contribution is 2.16. The van der Waals surface area contributed by atoms with E-state index in [1.54, 1.807) is 0 Å². The van der Waals surface area contributed by atoms with Crippen molar-refractivity contribution in [2.75, 3.05) is 5.75 Å². The molecule has 0 aliphatic heterocycles. The number of hydrogen-bond donors (Lipinski definition) is 2. The third kappa shape index (κ3) is 4.35. The highest BCUT2D eigenvalue weighted by molar-refractivity contribution is 8.01. The SMILES string of the molecule is NC(=O)CSC(Cc1ccccc1)C(=O)O. The molecule has 1 rings (SSSR count). The molecule has 1 aromatic rings. The fraction of sp³-hybridized carbons (Fsp3) is 0.273. The van der Waals surface area contributed by atoms with Crippen molar-refractivity contribution >= 4 is 23.6 Å². The third-order valence-electron chi connectivity index (χ3n) is 1.97. The number of benzene rings is 1. The second-order valence-electron chi connectivity index (χ2n) is 3.29. The highest BCUT2D eigenvalue weighted by atomic mass is 32.2. The van der Waals surface area contributed by atoms with E-state index >= 15 is 0 Å². The zero-order valence-corrected chi connectivity index (χ0v) is 9.44. The summed E-state index contributed by atoms with van der Waals surface area (Å²) >= 11 is 1.06. The summed E-state index contributed by atoms with van der Waals surface area (Å²) in [6.07, 6.45) is 0.397. The number of aliphatic carboxylic acids is 1. The lowest BCUT2D eigenvalue weighted by Crippen LogP contribution is -2.23. The topological polar surface area (TPSA) is 80.4 Å². The standard InChI is InChI=1S/C11H13NO3S/c12-10(13)7-16-9(11(14)15)6-8-4-2-1-3-5-8/h1-5,9H,6-7H2,(H2,12,13)(H,14,15). The van der Waals surface area contributed by atoms with E-state index in [1.807, 2.05) is 30.3 Å². The van der Waals surface area contributed by atoms with Crippen LogP contribution in [0.25, 0.3) is 0 Å². The Morgan fingerprint density at radius 2 is 1.94 bits per heavy atom. The number of carboxylic acids is 1. The number of hydrogen-bond acceptors (Lipinski definition) is 3. The van der Waals surface area contributed by atoms with Crippen molar-refractivity contribution in [3.05, 3.63) is 35.9 Å². The maximum Gasteiger partial charge on any atom is 0.316 e. The molecule has 0 aliphatic rings. The summed E-state index contributed by atoms with van der Waals surface area (Å²) in [6.45, 7) is 0. The average Bonchev–Trinajstić information content (AvgIpc) is 2.25. The minimum atomic E-state index is -0.921. The van der Waals surface area contributed by atoms with Gasteiger partial charge in [0.1, 0.15) is 5.25 Å². The van der Waals surface area contributed by atoms with Gasteiger partial charge in [-0.1, -0.05) is 30.3 Å². The van der Waals surface area contributed by atoms with Gasteiger partial charge in [-0.05, 0) is 12.0 Å². The molecule has 4 nitrogen and oxygen atoms in total. The monoisotopic (exact) mass is 239 g/mol. The number of nitrogens with two attached hydrogens (primary N) is 1. The number of primary amides is 1. The van der Waals surface area contributed by atoms with Gasteiger partial charge in [0, 0.05) is 0 Å². The molecule has 1 aromatic carbocycles. The predicted molar refractivity (Wildman–Crippen MR) is 63.2 cm³/mol. The van der Waals surface area contributed by atoms with Gasteiger partial charge in [0.15, 0.2) is 0 Å². The van der Waals surface area contributed by atoms with Crippen LogP contribution in [0.2, 0.25) is 0 Å². The second kappa shape index (κ2) is 6.17. The Kier molecular flexibility index (Phi) is 4.85. The van der Waals surface area contributed by atoms with Crippen LogP contribution in [0.3, 0.4) is 0 Å². The van der Waals surface area contributed by atoms with Gasteiger partial charge in [0.2, 0.25) is 5.91 Å². The first-order valence-corrected chi connectivity index (χ1v) is 5.81. The van der Waals surface area contributed by atoms with E-state index in [9.17, 15) is 9.59 Å². The molecule has 0 fully saturated rings. The Hall–Kier alpha value is -1.49. The molecule has 3 N–H and O–H groups in total. The molecule has 0 aromatic heterocycles. The van der Waals surface area contributed by atoms with E-state index in [0.29, 0.717) is 6.42 Å². The molecule has 1 atom stereocenters. The summed E-state index contributed by atoms with van der Waals surface area (Å²) in [5.74, 6) is -1.39. The van der Waals surface area contributed by atoms with Crippen LogP contribution < -0.4 is 5.73 Å². The first-order chi connectivity index (χ1) is 7.59. The van der Waals surface area contributed by atoms with E-state index in [2.05, 4.69) is 0 Å². The lowest BCUT2D eigenvalue weighted by Gasteiger charge is -2.10. The van der Waals surface area contributed by atoms with Gasteiger partial charge in [-0.25, -0.2) is 0 Å². The molecule has 86 valence electrons. The number of carbonyl (C=O) groups excluding carboxylic acids is 1. The fourth-order valence-corrected chi connectivity index (χ4v) is 2.05. The maximum absolute atomic E-state index is 10.9. The van der Waals surface area contributed by atoms with Gasteiger partial charge < -0.3 is 10.8 Å². The summed E-state index contributed by atoms with van der Waals surface area (Å²) in [5.41, 5.74) is 5.92. The lowest BCUT2D eigenvalue weighted by atomic mass is 10.1. The van der Waals surface area contributed by atoms with Crippen molar-refractivity contribution in [2.45, 2.75) is 11.7 Å². The van der Waals surface area contributed by atoms with E-state index < -0.39 is 17.1 Å². The predicted octanol–water partition coefficient (Wildman–Crippen LogP) is 0.901. The van der Waals surface area contributed by atoms with E-state index in [4.69, 9.17) is 10.8 Å². The molecule has 0 aliphatic carbocycles. The summed E-state index contributed by atoms with van der Waals surface area (Å²) in [4.78, 5) is 21.5. The van der Waals surface area contributed by atoms with Crippen molar-refractivity contribution < 1.29 is 14.7 Å². The van der Waals surface area contributed by atoms with Gasteiger partial charge in [0.05, 0.1) is 5.75 Å². The van der Waals surface area contributed by atoms with Crippen LogP contribution in [-0.2, 0) is 16.0 Å². The van der Waals surface area contributed by atoms with Crippen LogP contribution in [0.4, 0.5) is 0 Å². The molecule has 0 radical (unpaired) electrons. The molecule has 16 heavy (non-hydrogen) atoms. The van der Waals surface area contributed by atoms with Gasteiger partial charge in [0.25, 0.3) is 0 Å². The van der Waals surface area contributed by atoms with Crippen molar-refractivity contribution in [1.82, 2.24) is 0 Å².